The summed E-state index contributed by atoms with van der Waals surface area (Å²) in [6.45, 7) is 4.70. The number of phosphoric acid groups is 2. The molecule has 0 aromatic rings. The smallest absolute Gasteiger partial charge is 0.462 e. The molecule has 5 atom stereocenters. The lowest BCUT2D eigenvalue weighted by Crippen LogP contribution is -2.30. The maximum absolute atomic E-state index is 13.1. The molecule has 0 aliphatic rings. The molecule has 0 spiro atoms. The van der Waals surface area contributed by atoms with Crippen molar-refractivity contribution in [3.8, 4) is 0 Å². The van der Waals surface area contributed by atoms with Gasteiger partial charge in [-0.05, 0) is 89.9 Å². The number of carbonyl (C=O) groups is 4. The molecule has 0 bridgehead atoms. The van der Waals surface area contributed by atoms with Crippen molar-refractivity contribution in [1.82, 2.24) is 0 Å². The van der Waals surface area contributed by atoms with Gasteiger partial charge in [0.15, 0.2) is 12.2 Å². The van der Waals surface area contributed by atoms with Crippen molar-refractivity contribution in [3.05, 3.63) is 72.9 Å². The second kappa shape index (κ2) is 73.8. The monoisotopic (exact) mass is 1450 g/mol. The summed E-state index contributed by atoms with van der Waals surface area (Å²) >= 11 is 0. The van der Waals surface area contributed by atoms with E-state index in [9.17, 15) is 43.2 Å². The molecule has 0 aromatic carbocycles. The summed E-state index contributed by atoms with van der Waals surface area (Å²) in [6.07, 6.45) is 74.4. The third-order valence-electron chi connectivity index (χ3n) is 17.2. The average molecular weight is 1450 g/mol. The third-order valence-corrected chi connectivity index (χ3v) is 19.1. The number of carbonyl (C=O) groups excluding carboxylic acids is 4. The maximum Gasteiger partial charge on any atom is 0.472 e. The summed E-state index contributed by atoms with van der Waals surface area (Å²) < 4.78 is 68.6. The fourth-order valence-corrected chi connectivity index (χ4v) is 12.7. The van der Waals surface area contributed by atoms with Crippen molar-refractivity contribution in [2.45, 2.75) is 380 Å². The molecule has 17 nitrogen and oxygen atoms in total. The minimum Gasteiger partial charge on any atom is -0.462 e. The van der Waals surface area contributed by atoms with Gasteiger partial charge >= 0.3 is 39.5 Å². The van der Waals surface area contributed by atoms with Gasteiger partial charge in [0.2, 0.25) is 0 Å². The van der Waals surface area contributed by atoms with Gasteiger partial charge in [-0.15, -0.1) is 0 Å². The van der Waals surface area contributed by atoms with Crippen LogP contribution in [0.1, 0.15) is 362 Å². The highest BCUT2D eigenvalue weighted by Crippen LogP contribution is 2.45. The van der Waals surface area contributed by atoms with E-state index in [1.54, 1.807) is 0 Å². The highest BCUT2D eigenvalue weighted by atomic mass is 31.2. The number of esters is 4. The summed E-state index contributed by atoms with van der Waals surface area (Å²) in [5.41, 5.74) is 0. The number of aliphatic hydroxyl groups excluding tert-OH is 1. The van der Waals surface area contributed by atoms with Crippen LogP contribution in [-0.2, 0) is 65.4 Å². The Morgan fingerprint density at radius 3 is 0.800 bits per heavy atom. The van der Waals surface area contributed by atoms with Gasteiger partial charge in [0, 0.05) is 25.7 Å². The van der Waals surface area contributed by atoms with Crippen LogP contribution in [0.4, 0.5) is 0 Å². The molecular weight excluding hydrogens is 1310 g/mol. The lowest BCUT2D eigenvalue weighted by Gasteiger charge is -2.21. The van der Waals surface area contributed by atoms with Crippen LogP contribution in [0.25, 0.3) is 0 Å². The van der Waals surface area contributed by atoms with Gasteiger partial charge in [-0.1, -0.05) is 319 Å². The first-order valence-corrected chi connectivity index (χ1v) is 43.2. The van der Waals surface area contributed by atoms with Crippen molar-refractivity contribution >= 4 is 39.5 Å². The lowest BCUT2D eigenvalue weighted by molar-refractivity contribution is -0.161. The Bertz CT molecular complexity index is 2180. The molecule has 0 fully saturated rings. The Morgan fingerprint density at radius 1 is 0.290 bits per heavy atom. The summed E-state index contributed by atoms with van der Waals surface area (Å²) in [4.78, 5) is 73.0. The molecule has 3 N–H and O–H groups in total. The number of rotatable bonds is 76. The number of unbranched alkanes of at least 4 members (excludes halogenated alkanes) is 38. The predicted octanol–water partition coefficient (Wildman–Crippen LogP) is 23.2. The Labute approximate surface area is 609 Å². The van der Waals surface area contributed by atoms with Crippen molar-refractivity contribution in [3.63, 3.8) is 0 Å². The van der Waals surface area contributed by atoms with Crippen molar-refractivity contribution in [2.75, 3.05) is 39.6 Å². The van der Waals surface area contributed by atoms with Gasteiger partial charge in [0.1, 0.15) is 19.3 Å². The van der Waals surface area contributed by atoms with E-state index in [1.807, 2.05) is 0 Å². The molecule has 0 heterocycles. The first kappa shape index (κ1) is 96.5. The van der Waals surface area contributed by atoms with Gasteiger partial charge in [-0.2, -0.15) is 0 Å². The topological polar surface area (TPSA) is 237 Å². The summed E-state index contributed by atoms with van der Waals surface area (Å²) in [5.74, 6) is -2.16. The van der Waals surface area contributed by atoms with Gasteiger partial charge in [-0.3, -0.25) is 37.3 Å². The zero-order chi connectivity index (χ0) is 73.2. The Kier molecular flexibility index (Phi) is 71.2. The Morgan fingerprint density at radius 2 is 0.520 bits per heavy atom. The number of hydrogen-bond acceptors (Lipinski definition) is 15. The normalized spacial score (nSPS) is 14.3. The molecule has 100 heavy (non-hydrogen) atoms. The molecule has 0 aliphatic carbocycles. The number of hydrogen-bond donors (Lipinski definition) is 3. The second-order valence-electron chi connectivity index (χ2n) is 27.0. The van der Waals surface area contributed by atoms with Crippen LogP contribution in [0.2, 0.25) is 0 Å². The van der Waals surface area contributed by atoms with Crippen LogP contribution in [0.5, 0.6) is 0 Å². The zero-order valence-electron chi connectivity index (χ0n) is 63.6. The Hall–Kier alpha value is -3.50. The van der Waals surface area contributed by atoms with E-state index in [0.717, 1.165) is 173 Å². The predicted molar refractivity (Wildman–Crippen MR) is 409 cm³/mol. The number of phosphoric ester groups is 2. The highest BCUT2D eigenvalue weighted by molar-refractivity contribution is 7.47. The van der Waals surface area contributed by atoms with Crippen LogP contribution in [0.15, 0.2) is 72.9 Å². The van der Waals surface area contributed by atoms with Crippen LogP contribution in [-0.4, -0.2) is 96.7 Å². The molecule has 0 saturated carbocycles. The van der Waals surface area contributed by atoms with E-state index in [-0.39, 0.29) is 25.7 Å². The van der Waals surface area contributed by atoms with E-state index in [1.165, 1.54) is 109 Å². The summed E-state index contributed by atoms with van der Waals surface area (Å²) in [6, 6.07) is 0. The van der Waals surface area contributed by atoms with E-state index in [2.05, 4.69) is 101 Å². The molecule has 19 heteroatoms. The fraction of sp³-hybridized carbons (Fsp3) is 0.802. The molecule has 0 aliphatic heterocycles. The highest BCUT2D eigenvalue weighted by Gasteiger charge is 2.30. The largest absolute Gasteiger partial charge is 0.472 e. The average Bonchev–Trinajstić information content (AvgIpc) is 1.15. The molecule has 0 amide bonds. The van der Waals surface area contributed by atoms with E-state index >= 15 is 0 Å². The molecule has 0 rings (SSSR count). The van der Waals surface area contributed by atoms with Gasteiger partial charge < -0.3 is 33.8 Å². The van der Waals surface area contributed by atoms with Crippen molar-refractivity contribution in [1.29, 1.82) is 0 Å². The minimum absolute atomic E-state index is 0.0839. The Balaban J connectivity index is 5.33. The minimum atomic E-state index is -4.98. The van der Waals surface area contributed by atoms with Crippen molar-refractivity contribution < 1.29 is 80.2 Å². The molecule has 0 aromatic heterocycles. The molecule has 5 unspecified atom stereocenters. The summed E-state index contributed by atoms with van der Waals surface area (Å²) in [7, 11) is -9.94. The molecule has 0 saturated heterocycles. The van der Waals surface area contributed by atoms with Crippen LogP contribution >= 0.6 is 15.6 Å². The third kappa shape index (κ3) is 72.8. The zero-order valence-corrected chi connectivity index (χ0v) is 65.4. The lowest BCUT2D eigenvalue weighted by atomic mass is 10.0. The van der Waals surface area contributed by atoms with Crippen LogP contribution in [0.3, 0.4) is 0 Å². The van der Waals surface area contributed by atoms with Gasteiger partial charge in [0.25, 0.3) is 0 Å². The summed E-state index contributed by atoms with van der Waals surface area (Å²) in [5, 5.41) is 10.6. The van der Waals surface area contributed by atoms with E-state index in [0.29, 0.717) is 25.7 Å². The second-order valence-corrected chi connectivity index (χ2v) is 29.9. The quantitative estimate of drug-likeness (QED) is 0.0169. The first-order valence-electron chi connectivity index (χ1n) is 40.2. The standard InChI is InChI=1S/C81H146O17P2/c1-5-9-13-17-21-25-29-33-35-37-39-43-46-50-54-58-62-66-79(84)92-72-77(98-81(86)68-64-60-56-52-48-44-40-38-36-34-30-26-22-18-14-10-6-2)74-96-100(89,90)94-70-75(82)69-93-99(87,88)95-73-76(97-80(85)67-63-59-55-51-47-42-32-28-24-20-16-12-8-4)71-91-78(83)65-61-57-53-49-45-41-31-27-23-19-15-11-7-3/h9-10,13-14,21-22,25-26,33-36,75-77,82H,5-8,11-12,15-20,23-24,27-32,37-74H2,1-4H3,(H,87,88)(H,89,90)/b13-9-,14-10-,25-21-,26-22-,35-33-,36-34-. The van der Waals surface area contributed by atoms with E-state index in [4.69, 9.17) is 37.0 Å². The van der Waals surface area contributed by atoms with E-state index < -0.39 is 97.5 Å². The van der Waals surface area contributed by atoms with Gasteiger partial charge in [-0.25, -0.2) is 9.13 Å². The van der Waals surface area contributed by atoms with Crippen LogP contribution < -0.4 is 0 Å². The maximum atomic E-state index is 13.1. The first-order chi connectivity index (χ1) is 48.7. The van der Waals surface area contributed by atoms with Gasteiger partial charge in [0.05, 0.1) is 26.4 Å². The molecule has 582 valence electrons. The van der Waals surface area contributed by atoms with Crippen molar-refractivity contribution in [2.24, 2.45) is 0 Å². The fourth-order valence-electron chi connectivity index (χ4n) is 11.1. The van der Waals surface area contributed by atoms with Crippen LogP contribution in [0, 0.1) is 0 Å². The molecule has 0 radical (unpaired) electrons. The molecular formula is C81H146O17P2. The number of allylic oxidation sites excluding steroid dienone is 12. The number of ether oxygens (including phenoxy) is 4. The SMILES string of the molecule is CC/C=C\C/C=C\C/C=C\CCCCCCCCCC(=O)OCC(COP(=O)(O)OCC(O)COP(=O)(O)OCC(COC(=O)CCCCCCCCCCCCCCC)OC(=O)CCCCCCCCCCCCCCC)OC(=O)CCCCCCCCC/C=C\C/C=C\C/C=C\CC. The number of aliphatic hydroxyl groups is 1.